The van der Waals surface area contributed by atoms with Crippen molar-refractivity contribution in [1.82, 2.24) is 19.7 Å². The zero-order valence-corrected chi connectivity index (χ0v) is 9.06. The molecule has 0 saturated carbocycles. The van der Waals surface area contributed by atoms with E-state index >= 15 is 0 Å². The van der Waals surface area contributed by atoms with E-state index in [1.54, 1.807) is 12.4 Å². The van der Waals surface area contributed by atoms with Crippen LogP contribution in [-0.2, 0) is 0 Å². The van der Waals surface area contributed by atoms with Crippen LogP contribution in [0.4, 0.5) is 0 Å². The van der Waals surface area contributed by atoms with Crippen molar-refractivity contribution in [3.8, 4) is 17.1 Å². The van der Waals surface area contributed by atoms with E-state index < -0.39 is 0 Å². The van der Waals surface area contributed by atoms with Gasteiger partial charge in [0.15, 0.2) is 0 Å². The highest BCUT2D eigenvalue weighted by atomic mass is 15.3. The SMILES string of the molecule is c1ccc(-n2nccc2-c2ccncn2)cc1. The van der Waals surface area contributed by atoms with Gasteiger partial charge in [-0.2, -0.15) is 5.10 Å². The molecule has 0 N–H and O–H groups in total. The van der Waals surface area contributed by atoms with Crippen molar-refractivity contribution in [2.24, 2.45) is 0 Å². The highest BCUT2D eigenvalue weighted by Crippen LogP contribution is 2.19. The molecule has 4 nitrogen and oxygen atoms in total. The zero-order valence-electron chi connectivity index (χ0n) is 9.06. The summed E-state index contributed by atoms with van der Waals surface area (Å²) in [6.45, 7) is 0. The second-order valence-corrected chi connectivity index (χ2v) is 3.56. The number of rotatable bonds is 2. The fraction of sp³-hybridized carbons (Fsp3) is 0. The van der Waals surface area contributed by atoms with E-state index in [0.717, 1.165) is 17.1 Å². The summed E-state index contributed by atoms with van der Waals surface area (Å²) >= 11 is 0. The van der Waals surface area contributed by atoms with E-state index in [2.05, 4.69) is 15.1 Å². The Morgan fingerprint density at radius 1 is 0.882 bits per heavy atom. The number of benzene rings is 1. The van der Waals surface area contributed by atoms with E-state index in [1.165, 1.54) is 6.33 Å². The molecule has 0 amide bonds. The minimum absolute atomic E-state index is 0.862. The molecule has 0 fully saturated rings. The number of hydrogen-bond donors (Lipinski definition) is 0. The first-order valence-corrected chi connectivity index (χ1v) is 5.31. The molecule has 1 aromatic carbocycles. The number of aromatic nitrogens is 4. The van der Waals surface area contributed by atoms with Crippen LogP contribution in [0.25, 0.3) is 17.1 Å². The van der Waals surface area contributed by atoms with Gasteiger partial charge in [-0.1, -0.05) is 18.2 Å². The first kappa shape index (κ1) is 9.72. The highest BCUT2D eigenvalue weighted by Gasteiger charge is 2.07. The fourth-order valence-electron chi connectivity index (χ4n) is 1.71. The summed E-state index contributed by atoms with van der Waals surface area (Å²) in [5, 5.41) is 4.32. The topological polar surface area (TPSA) is 43.6 Å². The Morgan fingerprint density at radius 3 is 2.53 bits per heavy atom. The van der Waals surface area contributed by atoms with Crippen LogP contribution in [0.15, 0.2) is 61.2 Å². The minimum atomic E-state index is 0.862. The lowest BCUT2D eigenvalue weighted by Crippen LogP contribution is -1.99. The van der Waals surface area contributed by atoms with Gasteiger partial charge in [-0.25, -0.2) is 14.6 Å². The minimum Gasteiger partial charge on any atom is -0.245 e. The monoisotopic (exact) mass is 222 g/mol. The molecule has 0 radical (unpaired) electrons. The van der Waals surface area contributed by atoms with Crippen molar-refractivity contribution in [1.29, 1.82) is 0 Å². The van der Waals surface area contributed by atoms with Crippen LogP contribution in [0.3, 0.4) is 0 Å². The van der Waals surface area contributed by atoms with E-state index in [4.69, 9.17) is 0 Å². The van der Waals surface area contributed by atoms with Crippen LogP contribution in [0, 0.1) is 0 Å². The van der Waals surface area contributed by atoms with E-state index in [0.29, 0.717) is 0 Å². The van der Waals surface area contributed by atoms with Gasteiger partial charge in [-0.05, 0) is 24.3 Å². The average molecular weight is 222 g/mol. The van der Waals surface area contributed by atoms with Gasteiger partial charge in [0, 0.05) is 6.20 Å². The Morgan fingerprint density at radius 2 is 1.76 bits per heavy atom. The quantitative estimate of drug-likeness (QED) is 0.668. The lowest BCUT2D eigenvalue weighted by atomic mass is 10.2. The van der Waals surface area contributed by atoms with Gasteiger partial charge < -0.3 is 0 Å². The average Bonchev–Trinajstić information content (AvgIpc) is 2.90. The highest BCUT2D eigenvalue weighted by molar-refractivity contribution is 5.56. The maximum absolute atomic E-state index is 4.32. The molecular weight excluding hydrogens is 212 g/mol. The third-order valence-electron chi connectivity index (χ3n) is 2.49. The summed E-state index contributed by atoms with van der Waals surface area (Å²) in [4.78, 5) is 8.15. The number of nitrogens with zero attached hydrogens (tertiary/aromatic N) is 4. The molecule has 3 rings (SSSR count). The van der Waals surface area contributed by atoms with Crippen LogP contribution < -0.4 is 0 Å². The standard InChI is InChI=1S/C13H10N4/c1-2-4-11(5-3-1)17-13(7-9-16-17)12-6-8-14-10-15-12/h1-10H. The summed E-state index contributed by atoms with van der Waals surface area (Å²) in [6, 6.07) is 13.8. The molecule has 17 heavy (non-hydrogen) atoms. The molecular formula is C13H10N4. The van der Waals surface area contributed by atoms with E-state index in [-0.39, 0.29) is 0 Å². The molecule has 0 aliphatic rings. The number of para-hydroxylation sites is 1. The first-order chi connectivity index (χ1) is 8.45. The smallest absolute Gasteiger partial charge is 0.116 e. The second-order valence-electron chi connectivity index (χ2n) is 3.56. The molecule has 0 bridgehead atoms. The summed E-state index contributed by atoms with van der Waals surface area (Å²) in [7, 11) is 0. The van der Waals surface area contributed by atoms with Crippen molar-refractivity contribution < 1.29 is 0 Å². The Labute approximate surface area is 98.6 Å². The summed E-state index contributed by atoms with van der Waals surface area (Å²) in [5.74, 6) is 0. The van der Waals surface area contributed by atoms with Gasteiger partial charge in [0.05, 0.1) is 23.3 Å². The first-order valence-electron chi connectivity index (χ1n) is 5.31. The van der Waals surface area contributed by atoms with Crippen LogP contribution in [0.5, 0.6) is 0 Å². The molecule has 0 spiro atoms. The summed E-state index contributed by atoms with van der Waals surface area (Å²) in [5.41, 5.74) is 2.84. The third kappa shape index (κ3) is 1.80. The Hall–Kier alpha value is -2.49. The van der Waals surface area contributed by atoms with Crippen LogP contribution >= 0.6 is 0 Å². The van der Waals surface area contributed by atoms with Gasteiger partial charge in [0.1, 0.15) is 6.33 Å². The number of hydrogen-bond acceptors (Lipinski definition) is 3. The maximum Gasteiger partial charge on any atom is 0.116 e. The third-order valence-corrected chi connectivity index (χ3v) is 2.49. The second kappa shape index (κ2) is 4.17. The molecule has 0 aliphatic heterocycles. The molecule has 0 saturated heterocycles. The normalized spacial score (nSPS) is 10.4. The Kier molecular flexibility index (Phi) is 2.38. The molecule has 0 atom stereocenters. The predicted octanol–water partition coefficient (Wildman–Crippen LogP) is 2.33. The van der Waals surface area contributed by atoms with Gasteiger partial charge in [-0.3, -0.25) is 0 Å². The molecule has 4 heteroatoms. The maximum atomic E-state index is 4.32. The van der Waals surface area contributed by atoms with E-state index in [9.17, 15) is 0 Å². The van der Waals surface area contributed by atoms with Crippen molar-refractivity contribution in [3.63, 3.8) is 0 Å². The van der Waals surface area contributed by atoms with Crippen LogP contribution in [0.2, 0.25) is 0 Å². The van der Waals surface area contributed by atoms with Crippen LogP contribution in [0.1, 0.15) is 0 Å². The van der Waals surface area contributed by atoms with Crippen molar-refractivity contribution >= 4 is 0 Å². The molecule has 82 valence electrons. The van der Waals surface area contributed by atoms with Gasteiger partial charge >= 0.3 is 0 Å². The fourth-order valence-corrected chi connectivity index (χ4v) is 1.71. The summed E-state index contributed by atoms with van der Waals surface area (Å²) in [6.07, 6.45) is 5.03. The van der Waals surface area contributed by atoms with Gasteiger partial charge in [0.25, 0.3) is 0 Å². The van der Waals surface area contributed by atoms with Crippen molar-refractivity contribution in [2.45, 2.75) is 0 Å². The molecule has 3 aromatic rings. The molecule has 2 aromatic heterocycles. The summed E-state index contributed by atoms with van der Waals surface area (Å²) < 4.78 is 1.86. The van der Waals surface area contributed by atoms with E-state index in [1.807, 2.05) is 47.1 Å². The largest absolute Gasteiger partial charge is 0.245 e. The van der Waals surface area contributed by atoms with Crippen molar-refractivity contribution in [2.75, 3.05) is 0 Å². The lowest BCUT2D eigenvalue weighted by Gasteiger charge is -2.06. The van der Waals surface area contributed by atoms with Crippen molar-refractivity contribution in [3.05, 3.63) is 61.2 Å². The zero-order chi connectivity index (χ0) is 11.5. The van der Waals surface area contributed by atoms with Crippen LogP contribution in [-0.4, -0.2) is 19.7 Å². The molecule has 0 unspecified atom stereocenters. The molecule has 2 heterocycles. The molecule has 0 aliphatic carbocycles. The predicted molar refractivity (Wildman–Crippen MR) is 64.6 cm³/mol. The van der Waals surface area contributed by atoms with Gasteiger partial charge in [0.2, 0.25) is 0 Å². The Bertz CT molecular complexity index is 548. The lowest BCUT2D eigenvalue weighted by molar-refractivity contribution is 0.883. The Balaban J connectivity index is 2.13. The van der Waals surface area contributed by atoms with Gasteiger partial charge in [-0.15, -0.1) is 0 Å².